The number of piperidine rings is 1. The molecule has 2 N–H and O–H groups in total. The summed E-state index contributed by atoms with van der Waals surface area (Å²) in [4.78, 5) is 14.7. The van der Waals surface area contributed by atoms with Crippen molar-refractivity contribution in [3.63, 3.8) is 0 Å². The fraction of sp³-hybridized carbons (Fsp3) is 0.588. The van der Waals surface area contributed by atoms with Crippen LogP contribution in [0.25, 0.3) is 0 Å². The number of likely N-dealkylation sites (tertiary alicyclic amines) is 1. The number of benzene rings is 1. The minimum atomic E-state index is -0.279. The number of hydrogen-bond donors (Lipinski definition) is 2. The summed E-state index contributed by atoms with van der Waals surface area (Å²) < 4.78 is 0. The summed E-state index contributed by atoms with van der Waals surface area (Å²) in [6, 6.07) is 5.96. The van der Waals surface area contributed by atoms with E-state index < -0.39 is 0 Å². The summed E-state index contributed by atoms with van der Waals surface area (Å²) in [6.45, 7) is 8.13. The van der Waals surface area contributed by atoms with Gasteiger partial charge in [-0.1, -0.05) is 11.6 Å². The van der Waals surface area contributed by atoms with Crippen LogP contribution in [0.15, 0.2) is 18.2 Å². The number of amides is 1. The van der Waals surface area contributed by atoms with Crippen molar-refractivity contribution < 1.29 is 9.90 Å². The van der Waals surface area contributed by atoms with Crippen molar-refractivity contribution in [2.75, 3.05) is 25.0 Å². The molecule has 0 bridgehead atoms. The van der Waals surface area contributed by atoms with Crippen molar-refractivity contribution in [3.05, 3.63) is 29.3 Å². The van der Waals surface area contributed by atoms with Gasteiger partial charge in [0.2, 0.25) is 0 Å². The molecule has 1 aromatic rings. The molecule has 1 unspecified atom stereocenters. The third kappa shape index (κ3) is 3.76. The van der Waals surface area contributed by atoms with E-state index >= 15 is 0 Å². The molecule has 4 nitrogen and oxygen atoms in total. The van der Waals surface area contributed by atoms with Crippen LogP contribution in [0.4, 0.5) is 5.69 Å². The molecule has 0 spiro atoms. The quantitative estimate of drug-likeness (QED) is 0.896. The Morgan fingerprint density at radius 3 is 2.67 bits per heavy atom. The van der Waals surface area contributed by atoms with Gasteiger partial charge < -0.3 is 15.3 Å². The van der Waals surface area contributed by atoms with Crippen LogP contribution < -0.4 is 5.32 Å². The SMILES string of the molecule is CCNc1ccc(C)cc1C(=O)N1CCC(C(C)O)CC1. The van der Waals surface area contributed by atoms with Gasteiger partial charge in [0.05, 0.1) is 11.7 Å². The van der Waals surface area contributed by atoms with Gasteiger partial charge >= 0.3 is 0 Å². The lowest BCUT2D eigenvalue weighted by Gasteiger charge is -2.33. The molecule has 0 radical (unpaired) electrons. The number of carbonyl (C=O) groups excluding carboxylic acids is 1. The molecular formula is C17H26N2O2. The van der Waals surface area contributed by atoms with Crippen LogP contribution in [-0.4, -0.2) is 41.7 Å². The smallest absolute Gasteiger partial charge is 0.255 e. The second-order valence-corrected chi connectivity index (χ2v) is 5.95. The fourth-order valence-corrected chi connectivity index (χ4v) is 2.93. The number of aliphatic hydroxyl groups is 1. The first-order chi connectivity index (χ1) is 10.0. The number of aliphatic hydroxyl groups excluding tert-OH is 1. The molecule has 0 aromatic heterocycles. The Morgan fingerprint density at radius 2 is 2.10 bits per heavy atom. The van der Waals surface area contributed by atoms with Gasteiger partial charge in [-0.15, -0.1) is 0 Å². The van der Waals surface area contributed by atoms with Crippen molar-refractivity contribution in [3.8, 4) is 0 Å². The van der Waals surface area contributed by atoms with Gasteiger partial charge in [0.15, 0.2) is 0 Å². The molecule has 1 heterocycles. The van der Waals surface area contributed by atoms with Crippen molar-refractivity contribution in [1.29, 1.82) is 0 Å². The van der Waals surface area contributed by atoms with Gasteiger partial charge in [0.25, 0.3) is 5.91 Å². The van der Waals surface area contributed by atoms with Gasteiger partial charge in [-0.05, 0) is 51.7 Å². The Labute approximate surface area is 127 Å². The molecule has 1 fully saturated rings. The highest BCUT2D eigenvalue weighted by molar-refractivity contribution is 5.99. The average Bonchev–Trinajstić information content (AvgIpc) is 2.48. The number of carbonyl (C=O) groups is 1. The summed E-state index contributed by atoms with van der Waals surface area (Å²) >= 11 is 0. The Balaban J connectivity index is 2.12. The van der Waals surface area contributed by atoms with E-state index in [2.05, 4.69) is 5.32 Å². The molecule has 1 aromatic carbocycles. The van der Waals surface area contributed by atoms with Crippen LogP contribution in [0.1, 0.15) is 42.6 Å². The normalized spacial score (nSPS) is 17.6. The van der Waals surface area contributed by atoms with Gasteiger partial charge in [-0.3, -0.25) is 4.79 Å². The van der Waals surface area contributed by atoms with Crippen LogP contribution >= 0.6 is 0 Å². The molecule has 0 aliphatic carbocycles. The minimum absolute atomic E-state index is 0.0960. The molecule has 1 aliphatic heterocycles. The number of nitrogens with zero attached hydrogens (tertiary/aromatic N) is 1. The summed E-state index contributed by atoms with van der Waals surface area (Å²) in [5.41, 5.74) is 2.76. The highest BCUT2D eigenvalue weighted by Crippen LogP contribution is 2.24. The molecular weight excluding hydrogens is 264 g/mol. The van der Waals surface area contributed by atoms with E-state index in [1.54, 1.807) is 0 Å². The second kappa shape index (κ2) is 6.94. The largest absolute Gasteiger partial charge is 0.393 e. The third-order valence-electron chi connectivity index (χ3n) is 4.28. The number of anilines is 1. The molecule has 0 saturated carbocycles. The van der Waals surface area contributed by atoms with E-state index in [1.807, 2.05) is 43.9 Å². The molecule has 4 heteroatoms. The summed E-state index contributed by atoms with van der Waals surface area (Å²) in [6.07, 6.45) is 1.48. The van der Waals surface area contributed by atoms with Crippen molar-refractivity contribution >= 4 is 11.6 Å². The van der Waals surface area contributed by atoms with Crippen LogP contribution in [-0.2, 0) is 0 Å². The zero-order valence-corrected chi connectivity index (χ0v) is 13.2. The van der Waals surface area contributed by atoms with Crippen molar-refractivity contribution in [2.24, 2.45) is 5.92 Å². The maximum Gasteiger partial charge on any atom is 0.255 e. The molecule has 1 amide bonds. The second-order valence-electron chi connectivity index (χ2n) is 5.95. The molecule has 2 rings (SSSR count). The van der Waals surface area contributed by atoms with Crippen LogP contribution in [0, 0.1) is 12.8 Å². The monoisotopic (exact) mass is 290 g/mol. The summed E-state index contributed by atoms with van der Waals surface area (Å²) in [5.74, 6) is 0.415. The molecule has 1 saturated heterocycles. The van der Waals surface area contributed by atoms with Gasteiger partial charge in [-0.2, -0.15) is 0 Å². The number of rotatable bonds is 4. The van der Waals surface area contributed by atoms with Crippen LogP contribution in [0.5, 0.6) is 0 Å². The van der Waals surface area contributed by atoms with E-state index in [4.69, 9.17) is 0 Å². The third-order valence-corrected chi connectivity index (χ3v) is 4.28. The predicted molar refractivity (Wildman–Crippen MR) is 85.7 cm³/mol. The van der Waals surface area contributed by atoms with Gasteiger partial charge in [0, 0.05) is 25.3 Å². The van der Waals surface area contributed by atoms with Crippen LogP contribution in [0.3, 0.4) is 0 Å². The highest BCUT2D eigenvalue weighted by Gasteiger charge is 2.27. The Morgan fingerprint density at radius 1 is 1.43 bits per heavy atom. The zero-order chi connectivity index (χ0) is 15.4. The topological polar surface area (TPSA) is 52.6 Å². The van der Waals surface area contributed by atoms with E-state index in [0.29, 0.717) is 5.92 Å². The number of nitrogens with one attached hydrogen (secondary N) is 1. The maximum atomic E-state index is 12.7. The van der Waals surface area contributed by atoms with E-state index in [0.717, 1.165) is 49.3 Å². The predicted octanol–water partition coefficient (Wildman–Crippen LogP) is 2.66. The first-order valence-corrected chi connectivity index (χ1v) is 7.84. The molecule has 21 heavy (non-hydrogen) atoms. The average molecular weight is 290 g/mol. The van der Waals surface area contributed by atoms with E-state index in [-0.39, 0.29) is 12.0 Å². The van der Waals surface area contributed by atoms with Crippen molar-refractivity contribution in [2.45, 2.75) is 39.7 Å². The molecule has 1 aliphatic rings. The Kier molecular flexibility index (Phi) is 5.23. The Bertz CT molecular complexity index is 492. The van der Waals surface area contributed by atoms with Crippen molar-refractivity contribution in [1.82, 2.24) is 4.90 Å². The zero-order valence-electron chi connectivity index (χ0n) is 13.2. The lowest BCUT2D eigenvalue weighted by Crippen LogP contribution is -2.41. The summed E-state index contributed by atoms with van der Waals surface area (Å²) in [7, 11) is 0. The van der Waals surface area contributed by atoms with E-state index in [1.165, 1.54) is 0 Å². The maximum absolute atomic E-state index is 12.7. The fourth-order valence-electron chi connectivity index (χ4n) is 2.93. The Hall–Kier alpha value is -1.55. The van der Waals surface area contributed by atoms with Crippen LogP contribution in [0.2, 0.25) is 0 Å². The first-order valence-electron chi connectivity index (χ1n) is 7.84. The number of hydrogen-bond acceptors (Lipinski definition) is 3. The highest BCUT2D eigenvalue weighted by atomic mass is 16.3. The minimum Gasteiger partial charge on any atom is -0.393 e. The number of aryl methyl sites for hydroxylation is 1. The lowest BCUT2D eigenvalue weighted by atomic mass is 9.92. The standard InChI is InChI=1S/C17H26N2O2/c1-4-18-16-6-5-12(2)11-15(16)17(21)19-9-7-14(8-10-19)13(3)20/h5-6,11,13-14,18,20H,4,7-10H2,1-3H3. The molecule has 1 atom stereocenters. The van der Waals surface area contributed by atoms with Gasteiger partial charge in [-0.25, -0.2) is 0 Å². The van der Waals surface area contributed by atoms with Gasteiger partial charge in [0.1, 0.15) is 0 Å². The molecule has 116 valence electrons. The van der Waals surface area contributed by atoms with E-state index in [9.17, 15) is 9.90 Å². The summed E-state index contributed by atoms with van der Waals surface area (Å²) in [5, 5.41) is 12.9. The lowest BCUT2D eigenvalue weighted by molar-refractivity contribution is 0.0522. The first kappa shape index (κ1) is 15.8.